The Labute approximate surface area is 240 Å². The molecule has 0 aliphatic heterocycles. The first-order valence-corrected chi connectivity index (χ1v) is 13.5. The van der Waals surface area contributed by atoms with Crippen LogP contribution in [0.15, 0.2) is 53.5 Å². The van der Waals surface area contributed by atoms with Gasteiger partial charge in [-0.15, -0.1) is 0 Å². The van der Waals surface area contributed by atoms with Crippen LogP contribution in [0.2, 0.25) is 0 Å². The fourth-order valence-corrected chi connectivity index (χ4v) is 4.30. The zero-order valence-corrected chi connectivity index (χ0v) is 23.7. The molecule has 41 heavy (non-hydrogen) atoms. The number of carbonyl (C=O) groups excluding carboxylic acids is 4. The lowest BCUT2D eigenvalue weighted by atomic mass is 9.96. The predicted octanol–water partition coefficient (Wildman–Crippen LogP) is -0.569. The molecule has 0 bridgehead atoms. The molecular weight excluding hydrogens is 524 g/mol. The van der Waals surface area contributed by atoms with E-state index in [9.17, 15) is 19.2 Å². The molecule has 3 atom stereocenters. The largest absolute Gasteiger partial charge is 0.370 e. The predicted molar refractivity (Wildman–Crippen MR) is 158 cm³/mol. The smallest absolute Gasteiger partial charge is 0.243 e. The van der Waals surface area contributed by atoms with Crippen LogP contribution in [0.4, 0.5) is 0 Å². The highest BCUT2D eigenvalue weighted by Gasteiger charge is 2.28. The summed E-state index contributed by atoms with van der Waals surface area (Å²) in [6.07, 6.45) is 1.03. The number of carbonyl (C=O) groups is 4. The maximum Gasteiger partial charge on any atom is 0.243 e. The third kappa shape index (κ3) is 11.7. The number of hydrogen-bond donors (Lipinski definition) is 7. The standard InChI is InChI=1S/C29H42N8O4/c1-18-8-6-9-19(2)21(18)17-22(30)26(39)36-23(12-7-14-35-29(32)33)28(41)37-24(16-20-10-4-3-5-11-20)27(40)34-15-13-25(31)38/h3-6,8-11,22-24H,7,12-17,30H2,1-2H3,(H2,31,38)(H,34,40)(H,36,39)(H,37,41)(H4,32,33,35)/t22-,23+,24-/m0/s1. The van der Waals surface area contributed by atoms with Gasteiger partial charge in [0.05, 0.1) is 6.04 Å². The van der Waals surface area contributed by atoms with E-state index in [-0.39, 0.29) is 38.3 Å². The van der Waals surface area contributed by atoms with Crippen LogP contribution >= 0.6 is 0 Å². The minimum atomic E-state index is -1.00. The lowest BCUT2D eigenvalue weighted by molar-refractivity contribution is -0.132. The summed E-state index contributed by atoms with van der Waals surface area (Å²) in [6.45, 7) is 4.18. The molecule has 12 nitrogen and oxygen atoms in total. The lowest BCUT2D eigenvalue weighted by Gasteiger charge is -2.24. The van der Waals surface area contributed by atoms with Crippen LogP contribution in [0.25, 0.3) is 0 Å². The summed E-state index contributed by atoms with van der Waals surface area (Å²) >= 11 is 0. The van der Waals surface area contributed by atoms with Crippen LogP contribution in [0.3, 0.4) is 0 Å². The number of hydrogen-bond acceptors (Lipinski definition) is 6. The highest BCUT2D eigenvalue weighted by Crippen LogP contribution is 2.15. The molecule has 0 saturated carbocycles. The molecule has 11 N–H and O–H groups in total. The molecular formula is C29H42N8O4. The Morgan fingerprint density at radius 2 is 1.44 bits per heavy atom. The molecule has 0 fully saturated rings. The van der Waals surface area contributed by atoms with Gasteiger partial charge in [0, 0.05) is 25.9 Å². The van der Waals surface area contributed by atoms with E-state index >= 15 is 0 Å². The molecule has 0 saturated heterocycles. The van der Waals surface area contributed by atoms with Gasteiger partial charge in [-0.3, -0.25) is 24.2 Å². The topological polar surface area (TPSA) is 221 Å². The van der Waals surface area contributed by atoms with E-state index in [1.165, 1.54) is 0 Å². The van der Waals surface area contributed by atoms with Gasteiger partial charge in [0.2, 0.25) is 23.6 Å². The first-order chi connectivity index (χ1) is 19.5. The zero-order valence-electron chi connectivity index (χ0n) is 23.7. The van der Waals surface area contributed by atoms with Gasteiger partial charge in [-0.25, -0.2) is 0 Å². The summed E-state index contributed by atoms with van der Waals surface area (Å²) < 4.78 is 0. The van der Waals surface area contributed by atoms with Gasteiger partial charge < -0.3 is 38.9 Å². The second kappa shape index (κ2) is 16.6. The lowest BCUT2D eigenvalue weighted by Crippen LogP contribution is -2.56. The van der Waals surface area contributed by atoms with Gasteiger partial charge >= 0.3 is 0 Å². The van der Waals surface area contributed by atoms with E-state index in [1.807, 2.05) is 62.4 Å². The Bertz CT molecular complexity index is 1190. The molecule has 2 rings (SSSR count). The van der Waals surface area contributed by atoms with Crippen molar-refractivity contribution in [3.05, 3.63) is 70.8 Å². The number of guanidine groups is 1. The van der Waals surface area contributed by atoms with Gasteiger partial charge in [0.1, 0.15) is 12.1 Å². The maximum atomic E-state index is 13.5. The SMILES string of the molecule is Cc1cccc(C)c1C[C@H](N)C(=O)N[C@H](CCCN=C(N)N)C(=O)N[C@@H](Cc1ccccc1)C(=O)NCCC(N)=O. The van der Waals surface area contributed by atoms with Crippen molar-refractivity contribution in [3.8, 4) is 0 Å². The van der Waals surface area contributed by atoms with E-state index in [2.05, 4.69) is 20.9 Å². The third-order valence-electron chi connectivity index (χ3n) is 6.57. The van der Waals surface area contributed by atoms with E-state index < -0.39 is 41.8 Å². The van der Waals surface area contributed by atoms with Crippen molar-refractivity contribution in [1.82, 2.24) is 16.0 Å². The number of nitrogens with zero attached hydrogens (tertiary/aromatic N) is 1. The van der Waals surface area contributed by atoms with Crippen LogP contribution in [0.5, 0.6) is 0 Å². The van der Waals surface area contributed by atoms with E-state index in [4.69, 9.17) is 22.9 Å². The summed E-state index contributed by atoms with van der Waals surface area (Å²) in [4.78, 5) is 54.7. The first-order valence-electron chi connectivity index (χ1n) is 13.5. The van der Waals surface area contributed by atoms with Crippen LogP contribution in [0.1, 0.15) is 41.5 Å². The van der Waals surface area contributed by atoms with Crippen LogP contribution in [-0.2, 0) is 32.0 Å². The number of rotatable bonds is 16. The van der Waals surface area contributed by atoms with Gasteiger partial charge in [-0.05, 0) is 55.4 Å². The number of benzene rings is 2. The molecule has 4 amide bonds. The normalized spacial score (nSPS) is 12.9. The average Bonchev–Trinajstić information content (AvgIpc) is 2.92. The van der Waals surface area contributed by atoms with E-state index in [0.717, 1.165) is 22.3 Å². The second-order valence-corrected chi connectivity index (χ2v) is 9.95. The van der Waals surface area contributed by atoms with Crippen molar-refractivity contribution in [2.24, 2.45) is 27.9 Å². The Morgan fingerprint density at radius 1 is 0.805 bits per heavy atom. The summed E-state index contributed by atoms with van der Waals surface area (Å²) in [6, 6.07) is 12.1. The summed E-state index contributed by atoms with van der Waals surface area (Å²) in [5.41, 5.74) is 26.1. The van der Waals surface area contributed by atoms with E-state index in [1.54, 1.807) is 0 Å². The van der Waals surface area contributed by atoms with Crippen LogP contribution < -0.4 is 38.9 Å². The van der Waals surface area contributed by atoms with Crippen molar-refractivity contribution < 1.29 is 19.2 Å². The van der Waals surface area contributed by atoms with Crippen molar-refractivity contribution in [1.29, 1.82) is 0 Å². The van der Waals surface area contributed by atoms with Gasteiger partial charge in [-0.1, -0.05) is 48.5 Å². The third-order valence-corrected chi connectivity index (χ3v) is 6.57. The maximum absolute atomic E-state index is 13.5. The number of amides is 4. The Balaban J connectivity index is 2.19. The molecule has 0 aromatic heterocycles. The number of aliphatic imine (C=N–C) groups is 1. The molecule has 0 aliphatic rings. The van der Waals surface area contributed by atoms with Crippen molar-refractivity contribution >= 4 is 29.6 Å². The van der Waals surface area contributed by atoms with E-state index in [0.29, 0.717) is 12.8 Å². The second-order valence-electron chi connectivity index (χ2n) is 9.95. The van der Waals surface area contributed by atoms with Crippen molar-refractivity contribution in [2.45, 2.75) is 64.1 Å². The van der Waals surface area contributed by atoms with Crippen molar-refractivity contribution in [2.75, 3.05) is 13.1 Å². The first kappa shape index (κ1) is 32.8. The molecule has 2 aromatic rings. The summed E-state index contributed by atoms with van der Waals surface area (Å²) in [7, 11) is 0. The number of primary amides is 1. The monoisotopic (exact) mass is 566 g/mol. The van der Waals surface area contributed by atoms with Crippen LogP contribution in [0, 0.1) is 13.8 Å². The molecule has 2 aromatic carbocycles. The molecule has 0 heterocycles. The van der Waals surface area contributed by atoms with Crippen LogP contribution in [-0.4, -0.2) is 60.8 Å². The summed E-state index contributed by atoms with van der Waals surface area (Å²) in [5.74, 6) is -2.19. The Hall–Kier alpha value is -4.45. The molecule has 0 radical (unpaired) electrons. The number of aryl methyl sites for hydroxylation is 2. The summed E-state index contributed by atoms with van der Waals surface area (Å²) in [5, 5.41) is 8.14. The van der Waals surface area contributed by atoms with Crippen molar-refractivity contribution in [3.63, 3.8) is 0 Å². The van der Waals surface area contributed by atoms with Gasteiger partial charge in [-0.2, -0.15) is 0 Å². The van der Waals surface area contributed by atoms with Gasteiger partial charge in [0.25, 0.3) is 0 Å². The minimum absolute atomic E-state index is 0.0289. The fourth-order valence-electron chi connectivity index (χ4n) is 4.30. The highest BCUT2D eigenvalue weighted by atomic mass is 16.2. The Morgan fingerprint density at radius 3 is 2.05 bits per heavy atom. The molecule has 222 valence electrons. The minimum Gasteiger partial charge on any atom is -0.370 e. The molecule has 12 heteroatoms. The highest BCUT2D eigenvalue weighted by molar-refractivity contribution is 5.93. The quantitative estimate of drug-likeness (QED) is 0.0795. The van der Waals surface area contributed by atoms with Gasteiger partial charge in [0.15, 0.2) is 5.96 Å². The molecule has 0 aliphatic carbocycles. The molecule has 0 unspecified atom stereocenters. The zero-order chi connectivity index (χ0) is 30.4. The Kier molecular flexibility index (Phi) is 13.3. The number of nitrogens with two attached hydrogens (primary N) is 4. The number of nitrogens with one attached hydrogen (secondary N) is 3. The fraction of sp³-hybridized carbons (Fsp3) is 0.414. The molecule has 0 spiro atoms. The average molecular weight is 567 g/mol.